The molecule has 2 aromatic heterocycles. The van der Waals surface area contributed by atoms with Gasteiger partial charge in [-0.15, -0.1) is 11.3 Å². The maximum absolute atomic E-state index is 13.3. The van der Waals surface area contributed by atoms with E-state index >= 15 is 0 Å². The SMILES string of the molecule is O=C(O)c1ccoc1-c1ccc(-c2c(C(=O)c3ccccc3)sc3cc(O)ccc23)cc1. The second-order valence-corrected chi connectivity index (χ2v) is 8.28. The van der Waals surface area contributed by atoms with E-state index in [1.807, 2.05) is 30.3 Å². The number of rotatable bonds is 5. The zero-order valence-corrected chi connectivity index (χ0v) is 17.4. The van der Waals surface area contributed by atoms with Crippen molar-refractivity contribution in [3.63, 3.8) is 0 Å². The van der Waals surface area contributed by atoms with Crippen LogP contribution in [0.2, 0.25) is 0 Å². The maximum Gasteiger partial charge on any atom is 0.339 e. The lowest BCUT2D eigenvalue weighted by molar-refractivity contribution is 0.0697. The van der Waals surface area contributed by atoms with Crippen LogP contribution in [0.3, 0.4) is 0 Å². The highest BCUT2D eigenvalue weighted by atomic mass is 32.1. The van der Waals surface area contributed by atoms with Crippen molar-refractivity contribution < 1.29 is 24.2 Å². The Hall–Kier alpha value is -4.16. The lowest BCUT2D eigenvalue weighted by Crippen LogP contribution is -2.00. The van der Waals surface area contributed by atoms with E-state index in [4.69, 9.17) is 4.42 Å². The fourth-order valence-electron chi connectivity index (χ4n) is 3.74. The van der Waals surface area contributed by atoms with Crippen LogP contribution < -0.4 is 0 Å². The average molecular weight is 440 g/mol. The van der Waals surface area contributed by atoms with Crippen LogP contribution in [-0.4, -0.2) is 22.0 Å². The molecule has 0 radical (unpaired) electrons. The van der Waals surface area contributed by atoms with Crippen LogP contribution in [0.5, 0.6) is 5.75 Å². The maximum atomic E-state index is 13.3. The number of phenols is 1. The summed E-state index contributed by atoms with van der Waals surface area (Å²) in [6, 6.07) is 22.8. The van der Waals surface area contributed by atoms with Crippen molar-refractivity contribution in [3.05, 3.63) is 101 Å². The number of ketones is 1. The van der Waals surface area contributed by atoms with Gasteiger partial charge in [0.15, 0.2) is 0 Å². The standard InChI is InChI=1S/C26H16O5S/c27-18-10-11-19-21(14-18)32-25(23(28)16-4-2-1-3-5-16)22(19)15-6-8-17(9-7-15)24-20(26(29)30)12-13-31-24/h1-14,27H,(H,29,30). The number of hydrogen-bond acceptors (Lipinski definition) is 5. The molecule has 0 bridgehead atoms. The second kappa shape index (κ2) is 7.83. The molecule has 0 aliphatic heterocycles. The molecule has 0 fully saturated rings. The Balaban J connectivity index is 1.65. The molecule has 0 saturated carbocycles. The van der Waals surface area contributed by atoms with Crippen LogP contribution in [0.15, 0.2) is 89.5 Å². The molecule has 32 heavy (non-hydrogen) atoms. The van der Waals surface area contributed by atoms with Gasteiger partial charge in [-0.1, -0.05) is 54.6 Å². The first-order valence-electron chi connectivity index (χ1n) is 9.80. The first-order chi connectivity index (χ1) is 15.5. The summed E-state index contributed by atoms with van der Waals surface area (Å²) in [6.45, 7) is 0. The molecular formula is C26H16O5S. The summed E-state index contributed by atoms with van der Waals surface area (Å²) >= 11 is 1.34. The predicted molar refractivity (Wildman–Crippen MR) is 123 cm³/mol. The fourth-order valence-corrected chi connectivity index (χ4v) is 4.96. The van der Waals surface area contributed by atoms with Gasteiger partial charge in [-0.3, -0.25) is 4.79 Å². The number of aromatic hydroxyl groups is 1. The van der Waals surface area contributed by atoms with E-state index < -0.39 is 5.97 Å². The largest absolute Gasteiger partial charge is 0.508 e. The molecule has 6 heteroatoms. The van der Waals surface area contributed by atoms with E-state index in [1.165, 1.54) is 23.7 Å². The summed E-state index contributed by atoms with van der Waals surface area (Å²) in [5.41, 5.74) is 2.90. The van der Waals surface area contributed by atoms with Crippen LogP contribution in [0.25, 0.3) is 32.5 Å². The van der Waals surface area contributed by atoms with Crippen LogP contribution in [0, 0.1) is 0 Å². The van der Waals surface area contributed by atoms with Crippen molar-refractivity contribution in [1.82, 2.24) is 0 Å². The molecule has 0 unspecified atom stereocenters. The van der Waals surface area contributed by atoms with E-state index in [9.17, 15) is 19.8 Å². The molecule has 0 amide bonds. The Morgan fingerprint density at radius 3 is 2.28 bits per heavy atom. The average Bonchev–Trinajstić information content (AvgIpc) is 3.44. The molecule has 0 aliphatic carbocycles. The van der Waals surface area contributed by atoms with Gasteiger partial charge in [-0.2, -0.15) is 0 Å². The number of carbonyl (C=O) groups is 2. The Bertz CT molecular complexity index is 1460. The zero-order chi connectivity index (χ0) is 22.2. The molecule has 156 valence electrons. The molecule has 5 aromatic rings. The van der Waals surface area contributed by atoms with Crippen molar-refractivity contribution in [2.24, 2.45) is 0 Å². The van der Waals surface area contributed by atoms with Crippen molar-refractivity contribution in [2.45, 2.75) is 0 Å². The van der Waals surface area contributed by atoms with Crippen molar-refractivity contribution >= 4 is 33.2 Å². The van der Waals surface area contributed by atoms with Crippen molar-refractivity contribution in [3.8, 4) is 28.2 Å². The van der Waals surface area contributed by atoms with Gasteiger partial charge in [0.2, 0.25) is 5.78 Å². The number of carboxylic acid groups (broad SMARTS) is 1. The van der Waals surface area contributed by atoms with Gasteiger partial charge in [0, 0.05) is 26.8 Å². The number of benzene rings is 3. The van der Waals surface area contributed by atoms with E-state index in [2.05, 4.69) is 0 Å². The molecule has 5 nitrogen and oxygen atoms in total. The number of thiophene rings is 1. The smallest absolute Gasteiger partial charge is 0.339 e. The predicted octanol–water partition coefficient (Wildman–Crippen LogP) is 6.46. The van der Waals surface area contributed by atoms with Crippen molar-refractivity contribution in [2.75, 3.05) is 0 Å². The quantitative estimate of drug-likeness (QED) is 0.306. The molecule has 0 atom stereocenters. The zero-order valence-electron chi connectivity index (χ0n) is 16.6. The first kappa shape index (κ1) is 19.8. The third-order valence-electron chi connectivity index (χ3n) is 5.25. The van der Waals surface area contributed by atoms with Crippen molar-refractivity contribution in [1.29, 1.82) is 0 Å². The summed E-state index contributed by atoms with van der Waals surface area (Å²) in [5.74, 6) is -0.732. The number of carboxylic acids is 1. The normalized spacial score (nSPS) is 11.0. The highest BCUT2D eigenvalue weighted by Crippen LogP contribution is 2.42. The fraction of sp³-hybridized carbons (Fsp3) is 0. The van der Waals surface area contributed by atoms with Crippen LogP contribution >= 0.6 is 11.3 Å². The summed E-state index contributed by atoms with van der Waals surface area (Å²) in [6.07, 6.45) is 1.35. The highest BCUT2D eigenvalue weighted by molar-refractivity contribution is 7.21. The van der Waals surface area contributed by atoms with E-state index in [0.29, 0.717) is 16.0 Å². The van der Waals surface area contributed by atoms with Crippen LogP contribution in [-0.2, 0) is 0 Å². The van der Waals surface area contributed by atoms with E-state index in [1.54, 1.807) is 42.5 Å². The molecule has 3 aromatic carbocycles. The second-order valence-electron chi connectivity index (χ2n) is 7.23. The minimum atomic E-state index is -1.06. The Kier molecular flexibility index (Phi) is 4.84. The Labute approximate surface area is 186 Å². The molecule has 0 aliphatic rings. The molecule has 2 N–H and O–H groups in total. The number of phenolic OH excluding ortho intramolecular Hbond substituents is 1. The third-order valence-corrected chi connectivity index (χ3v) is 6.40. The van der Waals surface area contributed by atoms with E-state index in [0.717, 1.165) is 21.2 Å². The molecule has 5 rings (SSSR count). The first-order valence-corrected chi connectivity index (χ1v) is 10.6. The van der Waals surface area contributed by atoms with Gasteiger partial charge in [0.1, 0.15) is 17.1 Å². The monoisotopic (exact) mass is 440 g/mol. The minimum absolute atomic E-state index is 0.0918. The number of furan rings is 1. The molecule has 2 heterocycles. The number of aromatic carboxylic acids is 1. The van der Waals surface area contributed by atoms with Crippen LogP contribution in [0.1, 0.15) is 25.6 Å². The van der Waals surface area contributed by atoms with Gasteiger partial charge in [-0.05, 0) is 29.8 Å². The Morgan fingerprint density at radius 2 is 1.56 bits per heavy atom. The summed E-state index contributed by atoms with van der Waals surface area (Å²) < 4.78 is 6.19. The summed E-state index contributed by atoms with van der Waals surface area (Å²) in [7, 11) is 0. The lowest BCUT2D eigenvalue weighted by atomic mass is 9.96. The molecule has 0 saturated heterocycles. The molecule has 0 spiro atoms. The Morgan fingerprint density at radius 1 is 0.844 bits per heavy atom. The highest BCUT2D eigenvalue weighted by Gasteiger charge is 2.22. The van der Waals surface area contributed by atoms with Gasteiger partial charge >= 0.3 is 5.97 Å². The number of fused-ring (bicyclic) bond motifs is 1. The van der Waals surface area contributed by atoms with Gasteiger partial charge in [-0.25, -0.2) is 4.79 Å². The van der Waals surface area contributed by atoms with Crippen LogP contribution in [0.4, 0.5) is 0 Å². The summed E-state index contributed by atoms with van der Waals surface area (Å²) in [5, 5.41) is 20.1. The third kappa shape index (κ3) is 3.36. The topological polar surface area (TPSA) is 87.7 Å². The van der Waals surface area contributed by atoms with E-state index in [-0.39, 0.29) is 22.9 Å². The summed E-state index contributed by atoms with van der Waals surface area (Å²) in [4.78, 5) is 25.3. The molecular weight excluding hydrogens is 424 g/mol. The number of carbonyl (C=O) groups excluding carboxylic acids is 1. The minimum Gasteiger partial charge on any atom is -0.508 e. The number of hydrogen-bond donors (Lipinski definition) is 2. The van der Waals surface area contributed by atoms with Gasteiger partial charge in [0.25, 0.3) is 0 Å². The van der Waals surface area contributed by atoms with Gasteiger partial charge < -0.3 is 14.6 Å². The lowest BCUT2D eigenvalue weighted by Gasteiger charge is -2.07. The van der Waals surface area contributed by atoms with Gasteiger partial charge in [0.05, 0.1) is 11.1 Å².